The molecule has 9 nitrogen and oxygen atoms in total. The van der Waals surface area contributed by atoms with E-state index < -0.39 is 30.2 Å². The second kappa shape index (κ2) is 10.5. The molecule has 0 aliphatic carbocycles. The molecule has 1 N–H and O–H groups in total. The first-order chi connectivity index (χ1) is 14.5. The predicted octanol–water partition coefficient (Wildman–Crippen LogP) is 3.50. The van der Waals surface area contributed by atoms with Crippen LogP contribution in [0.1, 0.15) is 65.0 Å². The maximum Gasteiger partial charge on any atom is 0.328 e. The van der Waals surface area contributed by atoms with Gasteiger partial charge < -0.3 is 19.5 Å². The Morgan fingerprint density at radius 1 is 1.26 bits per heavy atom. The molecule has 0 spiro atoms. The molecule has 3 amide bonds. The van der Waals surface area contributed by atoms with Gasteiger partial charge in [-0.2, -0.15) is 0 Å². The average Bonchev–Trinajstić information content (AvgIpc) is 3.21. The van der Waals surface area contributed by atoms with Crippen molar-refractivity contribution in [2.45, 2.75) is 66.8 Å². The molecular formula is C21H33N3O6S. The van der Waals surface area contributed by atoms with Gasteiger partial charge in [0.15, 0.2) is 0 Å². The zero-order chi connectivity index (χ0) is 23.3. The Kier molecular flexibility index (Phi) is 8.56. The van der Waals surface area contributed by atoms with Gasteiger partial charge in [-0.05, 0) is 31.6 Å². The maximum absolute atomic E-state index is 13.0. The number of carbonyl (C=O) groups is 3. The number of imide groups is 1. The molecule has 0 aromatic carbocycles. The van der Waals surface area contributed by atoms with Gasteiger partial charge in [-0.3, -0.25) is 9.69 Å². The molecule has 1 aromatic rings. The van der Waals surface area contributed by atoms with Crippen LogP contribution in [0.2, 0.25) is 0 Å². The summed E-state index contributed by atoms with van der Waals surface area (Å²) in [5.41, 5.74) is 0.427. The molecule has 2 heterocycles. The largest absolute Gasteiger partial charge is 0.480 e. The van der Waals surface area contributed by atoms with E-state index in [0.29, 0.717) is 30.3 Å². The van der Waals surface area contributed by atoms with Gasteiger partial charge in [0.25, 0.3) is 5.91 Å². The van der Waals surface area contributed by atoms with E-state index >= 15 is 0 Å². The first-order valence-corrected chi connectivity index (χ1v) is 11.4. The van der Waals surface area contributed by atoms with E-state index in [2.05, 4.69) is 4.98 Å². The van der Waals surface area contributed by atoms with Crippen LogP contribution in [-0.4, -0.2) is 63.6 Å². The number of carboxylic acid groups (broad SMARTS) is 1. The van der Waals surface area contributed by atoms with Gasteiger partial charge >= 0.3 is 12.0 Å². The van der Waals surface area contributed by atoms with Crippen molar-refractivity contribution < 1.29 is 29.0 Å². The molecule has 0 radical (unpaired) electrons. The highest BCUT2D eigenvalue weighted by molar-refractivity contribution is 7.09. The molecular weight excluding hydrogens is 422 g/mol. The van der Waals surface area contributed by atoms with Crippen LogP contribution in [0.4, 0.5) is 4.79 Å². The van der Waals surface area contributed by atoms with Crippen molar-refractivity contribution in [3.05, 3.63) is 16.1 Å². The van der Waals surface area contributed by atoms with Crippen molar-refractivity contribution in [3.63, 3.8) is 0 Å². The molecule has 1 saturated heterocycles. The van der Waals surface area contributed by atoms with Gasteiger partial charge in [0.05, 0.1) is 12.2 Å². The zero-order valence-electron chi connectivity index (χ0n) is 19.1. The summed E-state index contributed by atoms with van der Waals surface area (Å²) in [7, 11) is 0. The fraction of sp³-hybridized carbons (Fsp3) is 0.714. The molecule has 2 atom stereocenters. The monoisotopic (exact) mass is 455 g/mol. The van der Waals surface area contributed by atoms with Crippen molar-refractivity contribution in [3.8, 4) is 0 Å². The number of urea groups is 1. The molecule has 1 fully saturated rings. The normalized spacial score (nSPS) is 17.0. The van der Waals surface area contributed by atoms with Gasteiger partial charge in [0.2, 0.25) is 6.29 Å². The van der Waals surface area contributed by atoms with Crippen molar-refractivity contribution in [1.29, 1.82) is 0 Å². The van der Waals surface area contributed by atoms with Crippen LogP contribution in [0.3, 0.4) is 0 Å². The number of aliphatic carboxylic acids is 1. The molecule has 1 unspecified atom stereocenters. The number of hydrogen-bond donors (Lipinski definition) is 1. The van der Waals surface area contributed by atoms with Crippen LogP contribution in [-0.2, 0) is 25.6 Å². The van der Waals surface area contributed by atoms with Crippen LogP contribution in [0.25, 0.3) is 0 Å². The lowest BCUT2D eigenvalue weighted by Crippen LogP contribution is -2.48. The maximum atomic E-state index is 13.0. The van der Waals surface area contributed by atoms with E-state index in [1.807, 2.05) is 34.6 Å². The lowest BCUT2D eigenvalue weighted by molar-refractivity contribution is -0.144. The zero-order valence-corrected chi connectivity index (χ0v) is 19.9. The molecule has 1 aliphatic heterocycles. The van der Waals surface area contributed by atoms with E-state index in [1.165, 1.54) is 11.3 Å². The third kappa shape index (κ3) is 6.47. The SMILES string of the molecule is CCOC(OCC)c1nc(CN2C(=O)CN([C@H](C(=O)O)C(C)CC(C)(C)C)C2=O)cs1. The Morgan fingerprint density at radius 2 is 1.87 bits per heavy atom. The Hall–Kier alpha value is -2.04. The van der Waals surface area contributed by atoms with Gasteiger partial charge in [0.1, 0.15) is 17.6 Å². The third-order valence-corrected chi connectivity index (χ3v) is 5.79. The average molecular weight is 456 g/mol. The standard InChI is InChI=1S/C21H33N3O6S/c1-7-29-19(30-8-2)17-22-14(12-31-17)10-23-15(25)11-24(20(23)28)16(18(26)27)13(3)9-21(4,5)6/h12-13,16,19H,7-11H2,1-6H3,(H,26,27)/t13?,16-/m0/s1. The minimum atomic E-state index is -1.10. The second-order valence-electron chi connectivity index (χ2n) is 8.84. The summed E-state index contributed by atoms with van der Waals surface area (Å²) in [6.45, 7) is 12.2. The summed E-state index contributed by atoms with van der Waals surface area (Å²) < 4.78 is 11.1. The molecule has 0 saturated carbocycles. The Bertz CT molecular complexity index is 784. The number of aromatic nitrogens is 1. The summed E-state index contributed by atoms with van der Waals surface area (Å²) in [5, 5.41) is 12.1. The first kappa shape index (κ1) is 25.2. The molecule has 1 aromatic heterocycles. The Morgan fingerprint density at radius 3 is 2.39 bits per heavy atom. The van der Waals surface area contributed by atoms with E-state index in [4.69, 9.17) is 9.47 Å². The lowest BCUT2D eigenvalue weighted by atomic mass is 9.82. The summed E-state index contributed by atoms with van der Waals surface area (Å²) in [6.07, 6.45) is 0.0121. The highest BCUT2D eigenvalue weighted by Crippen LogP contribution is 2.31. The van der Waals surface area contributed by atoms with Crippen LogP contribution < -0.4 is 0 Å². The smallest absolute Gasteiger partial charge is 0.328 e. The Balaban J connectivity index is 2.15. The Labute approximate surface area is 187 Å². The minimum absolute atomic E-state index is 0.0182. The lowest BCUT2D eigenvalue weighted by Gasteiger charge is -2.32. The molecule has 31 heavy (non-hydrogen) atoms. The van der Waals surface area contributed by atoms with Gasteiger partial charge in [-0.25, -0.2) is 14.6 Å². The first-order valence-electron chi connectivity index (χ1n) is 10.5. The highest BCUT2D eigenvalue weighted by atomic mass is 32.1. The number of amides is 3. The number of thiazole rings is 1. The number of nitrogens with zero attached hydrogens (tertiary/aromatic N) is 3. The molecule has 10 heteroatoms. The van der Waals surface area contributed by atoms with Crippen molar-refractivity contribution in [1.82, 2.24) is 14.8 Å². The van der Waals surface area contributed by atoms with E-state index in [-0.39, 0.29) is 24.4 Å². The van der Waals surface area contributed by atoms with Crippen LogP contribution in [0, 0.1) is 11.3 Å². The molecule has 1 aliphatic rings. The summed E-state index contributed by atoms with van der Waals surface area (Å²) in [4.78, 5) is 44.2. The van der Waals surface area contributed by atoms with Crippen LogP contribution >= 0.6 is 11.3 Å². The fourth-order valence-electron chi connectivity index (χ4n) is 3.85. The molecule has 0 bridgehead atoms. The number of hydrogen-bond acceptors (Lipinski definition) is 7. The van der Waals surface area contributed by atoms with Gasteiger partial charge in [-0.1, -0.05) is 27.7 Å². The number of carbonyl (C=O) groups excluding carboxylic acids is 2. The van der Waals surface area contributed by atoms with Gasteiger partial charge in [0, 0.05) is 18.6 Å². The van der Waals surface area contributed by atoms with E-state index in [0.717, 1.165) is 9.80 Å². The van der Waals surface area contributed by atoms with Crippen molar-refractivity contribution >= 4 is 29.2 Å². The molecule has 2 rings (SSSR count). The number of ether oxygens (including phenoxy) is 2. The van der Waals surface area contributed by atoms with Gasteiger partial charge in [-0.15, -0.1) is 11.3 Å². The third-order valence-electron chi connectivity index (χ3n) is 4.87. The van der Waals surface area contributed by atoms with E-state index in [9.17, 15) is 19.5 Å². The minimum Gasteiger partial charge on any atom is -0.480 e. The molecule has 174 valence electrons. The number of rotatable bonds is 11. The topological polar surface area (TPSA) is 109 Å². The summed E-state index contributed by atoms with van der Waals surface area (Å²) in [5.74, 6) is -1.84. The van der Waals surface area contributed by atoms with Crippen LogP contribution in [0.5, 0.6) is 0 Å². The second-order valence-corrected chi connectivity index (χ2v) is 9.72. The van der Waals surface area contributed by atoms with Crippen molar-refractivity contribution in [2.75, 3.05) is 19.8 Å². The predicted molar refractivity (Wildman–Crippen MR) is 115 cm³/mol. The van der Waals surface area contributed by atoms with Crippen molar-refractivity contribution in [2.24, 2.45) is 11.3 Å². The fourth-order valence-corrected chi connectivity index (χ4v) is 4.66. The number of carboxylic acids is 1. The quantitative estimate of drug-likeness (QED) is 0.402. The van der Waals surface area contributed by atoms with Crippen LogP contribution in [0.15, 0.2) is 5.38 Å². The van der Waals surface area contributed by atoms with E-state index in [1.54, 1.807) is 12.3 Å². The summed E-state index contributed by atoms with van der Waals surface area (Å²) >= 11 is 1.33. The summed E-state index contributed by atoms with van der Waals surface area (Å²) in [6, 6.07) is -1.66. The highest BCUT2D eigenvalue weighted by Gasteiger charge is 2.45.